The van der Waals surface area contributed by atoms with Crippen molar-refractivity contribution in [1.29, 1.82) is 0 Å². The van der Waals surface area contributed by atoms with Crippen LogP contribution >= 0.6 is 11.3 Å². The maximum absolute atomic E-state index is 12.6. The van der Waals surface area contributed by atoms with Gasteiger partial charge in [-0.3, -0.25) is 9.59 Å². The second-order valence-corrected chi connectivity index (χ2v) is 6.54. The molecule has 6 heteroatoms. The molecule has 5 nitrogen and oxygen atoms in total. The van der Waals surface area contributed by atoms with E-state index in [1.54, 1.807) is 0 Å². The Hall–Kier alpha value is -1.56. The van der Waals surface area contributed by atoms with Crippen molar-refractivity contribution in [3.8, 4) is 5.75 Å². The number of piperidine rings is 1. The van der Waals surface area contributed by atoms with E-state index in [-0.39, 0.29) is 17.2 Å². The van der Waals surface area contributed by atoms with E-state index in [1.165, 1.54) is 11.3 Å². The third kappa shape index (κ3) is 2.52. The topological polar surface area (TPSA) is 58.6 Å². The molecule has 0 aromatic carbocycles. The van der Waals surface area contributed by atoms with Gasteiger partial charge in [-0.2, -0.15) is 0 Å². The van der Waals surface area contributed by atoms with Gasteiger partial charge < -0.3 is 15.0 Å². The lowest BCUT2D eigenvalue weighted by Crippen LogP contribution is -2.46. The van der Waals surface area contributed by atoms with Crippen LogP contribution in [0.1, 0.15) is 35.9 Å². The van der Waals surface area contributed by atoms with Gasteiger partial charge in [-0.05, 0) is 37.6 Å². The van der Waals surface area contributed by atoms with E-state index in [9.17, 15) is 9.59 Å². The zero-order valence-corrected chi connectivity index (χ0v) is 13.0. The van der Waals surface area contributed by atoms with Crippen LogP contribution in [0.25, 0.3) is 0 Å². The highest BCUT2D eigenvalue weighted by Crippen LogP contribution is 2.39. The van der Waals surface area contributed by atoms with Crippen molar-refractivity contribution >= 4 is 23.2 Å². The Morgan fingerprint density at radius 3 is 2.81 bits per heavy atom. The number of nitrogens with zero attached hydrogens (tertiary/aromatic N) is 1. The highest BCUT2D eigenvalue weighted by Gasteiger charge is 2.45. The molecule has 1 N–H and O–H groups in total. The molecule has 0 atom stereocenters. The number of rotatable bonds is 3. The van der Waals surface area contributed by atoms with Crippen LogP contribution in [0.4, 0.5) is 0 Å². The minimum absolute atomic E-state index is 0.0294. The summed E-state index contributed by atoms with van der Waals surface area (Å²) >= 11 is 1.42. The van der Waals surface area contributed by atoms with E-state index >= 15 is 0 Å². The predicted molar refractivity (Wildman–Crippen MR) is 80.7 cm³/mol. The Labute approximate surface area is 128 Å². The summed E-state index contributed by atoms with van der Waals surface area (Å²) in [5.41, 5.74) is -0.227. The largest absolute Gasteiger partial charge is 0.492 e. The Bertz CT molecular complexity index is 547. The molecule has 21 heavy (non-hydrogen) atoms. The van der Waals surface area contributed by atoms with E-state index < -0.39 is 0 Å². The van der Waals surface area contributed by atoms with Gasteiger partial charge in [-0.15, -0.1) is 11.3 Å². The zero-order valence-electron chi connectivity index (χ0n) is 12.2. The van der Waals surface area contributed by atoms with Crippen molar-refractivity contribution in [2.75, 3.05) is 26.2 Å². The van der Waals surface area contributed by atoms with Crippen LogP contribution in [0.5, 0.6) is 5.75 Å². The monoisotopic (exact) mass is 308 g/mol. The number of hydrogen-bond donors (Lipinski definition) is 1. The van der Waals surface area contributed by atoms with Crippen LogP contribution in [-0.4, -0.2) is 43.0 Å². The molecule has 2 aliphatic heterocycles. The highest BCUT2D eigenvalue weighted by atomic mass is 32.1. The molecule has 0 saturated carbocycles. The quantitative estimate of drug-likeness (QED) is 0.927. The number of thiophene rings is 1. The van der Waals surface area contributed by atoms with Crippen molar-refractivity contribution in [1.82, 2.24) is 10.2 Å². The summed E-state index contributed by atoms with van der Waals surface area (Å²) in [6, 6.07) is 1.84. The first-order valence-corrected chi connectivity index (χ1v) is 8.32. The SMILES string of the molecule is CCOc1ccsc1C(=O)N1CCC2(CCNC2=O)CC1. The van der Waals surface area contributed by atoms with Crippen LogP contribution in [-0.2, 0) is 4.79 Å². The molecule has 3 heterocycles. The van der Waals surface area contributed by atoms with Crippen LogP contribution < -0.4 is 10.1 Å². The Kier molecular flexibility index (Phi) is 3.89. The zero-order chi connectivity index (χ0) is 14.9. The summed E-state index contributed by atoms with van der Waals surface area (Å²) < 4.78 is 5.50. The number of ether oxygens (including phenoxy) is 1. The van der Waals surface area contributed by atoms with Gasteiger partial charge in [-0.25, -0.2) is 0 Å². The van der Waals surface area contributed by atoms with Crippen molar-refractivity contribution < 1.29 is 14.3 Å². The third-order valence-electron chi connectivity index (χ3n) is 4.50. The molecule has 1 aromatic heterocycles. The van der Waals surface area contributed by atoms with Gasteiger partial charge >= 0.3 is 0 Å². The second-order valence-electron chi connectivity index (χ2n) is 5.63. The van der Waals surface area contributed by atoms with Gasteiger partial charge in [-0.1, -0.05) is 0 Å². The molecule has 0 aliphatic carbocycles. The van der Waals surface area contributed by atoms with E-state index in [1.807, 2.05) is 23.3 Å². The van der Waals surface area contributed by atoms with Crippen molar-refractivity contribution in [2.45, 2.75) is 26.2 Å². The first-order valence-electron chi connectivity index (χ1n) is 7.44. The standard InChI is InChI=1S/C15H20N2O3S/c1-2-20-11-3-10-21-12(11)13(18)17-8-5-15(6-9-17)4-7-16-14(15)19/h3,10H,2,4-9H2,1H3,(H,16,19). The smallest absolute Gasteiger partial charge is 0.267 e. The minimum Gasteiger partial charge on any atom is -0.492 e. The maximum atomic E-state index is 12.6. The number of likely N-dealkylation sites (tertiary alicyclic amines) is 1. The van der Waals surface area contributed by atoms with Crippen LogP contribution in [0, 0.1) is 5.41 Å². The first-order chi connectivity index (χ1) is 10.2. The molecule has 0 bridgehead atoms. The number of nitrogens with one attached hydrogen (secondary N) is 1. The van der Waals surface area contributed by atoms with Crippen molar-refractivity contribution in [3.63, 3.8) is 0 Å². The Morgan fingerprint density at radius 1 is 1.43 bits per heavy atom. The lowest BCUT2D eigenvalue weighted by Gasteiger charge is -2.37. The lowest BCUT2D eigenvalue weighted by molar-refractivity contribution is -0.129. The number of carbonyl (C=O) groups is 2. The van der Waals surface area contributed by atoms with E-state index in [2.05, 4.69) is 5.32 Å². The molecule has 0 unspecified atom stereocenters. The normalized spacial score (nSPS) is 20.6. The second kappa shape index (κ2) is 5.67. The van der Waals surface area contributed by atoms with Gasteiger partial charge in [0.05, 0.1) is 12.0 Å². The van der Waals surface area contributed by atoms with Crippen LogP contribution in [0.15, 0.2) is 11.4 Å². The average molecular weight is 308 g/mol. The minimum atomic E-state index is -0.227. The summed E-state index contributed by atoms with van der Waals surface area (Å²) in [4.78, 5) is 27.1. The fraction of sp³-hybridized carbons (Fsp3) is 0.600. The molecule has 2 amide bonds. The summed E-state index contributed by atoms with van der Waals surface area (Å²) in [6.07, 6.45) is 2.43. The van der Waals surface area contributed by atoms with Crippen LogP contribution in [0.3, 0.4) is 0 Å². The third-order valence-corrected chi connectivity index (χ3v) is 5.39. The van der Waals surface area contributed by atoms with E-state index in [0.717, 1.165) is 25.8 Å². The predicted octanol–water partition coefficient (Wildman–Crippen LogP) is 1.89. The number of amides is 2. The number of carbonyl (C=O) groups excluding carboxylic acids is 2. The molecular weight excluding hydrogens is 288 g/mol. The molecule has 1 spiro atoms. The molecule has 2 aliphatic rings. The first kappa shape index (κ1) is 14.4. The summed E-state index contributed by atoms with van der Waals surface area (Å²) in [7, 11) is 0. The molecule has 2 saturated heterocycles. The molecular formula is C15H20N2O3S. The molecule has 2 fully saturated rings. The Balaban J connectivity index is 1.68. The van der Waals surface area contributed by atoms with E-state index in [0.29, 0.717) is 30.3 Å². The number of hydrogen-bond acceptors (Lipinski definition) is 4. The van der Waals surface area contributed by atoms with Gasteiger partial charge in [0.1, 0.15) is 10.6 Å². The fourth-order valence-corrected chi connectivity index (χ4v) is 4.00. The fourth-order valence-electron chi connectivity index (χ4n) is 3.20. The Morgan fingerprint density at radius 2 is 2.19 bits per heavy atom. The van der Waals surface area contributed by atoms with Crippen molar-refractivity contribution in [2.24, 2.45) is 5.41 Å². The lowest BCUT2D eigenvalue weighted by atomic mass is 9.77. The summed E-state index contributed by atoms with van der Waals surface area (Å²) in [5, 5.41) is 4.80. The van der Waals surface area contributed by atoms with E-state index in [4.69, 9.17) is 4.74 Å². The molecule has 0 radical (unpaired) electrons. The molecule has 114 valence electrons. The highest BCUT2D eigenvalue weighted by molar-refractivity contribution is 7.12. The molecule has 3 rings (SSSR count). The van der Waals surface area contributed by atoms with Crippen LogP contribution in [0.2, 0.25) is 0 Å². The van der Waals surface area contributed by atoms with Gasteiger partial charge in [0.2, 0.25) is 5.91 Å². The van der Waals surface area contributed by atoms with Gasteiger partial charge in [0.15, 0.2) is 0 Å². The molecule has 1 aromatic rings. The van der Waals surface area contributed by atoms with Crippen molar-refractivity contribution in [3.05, 3.63) is 16.3 Å². The summed E-state index contributed by atoms with van der Waals surface area (Å²) in [5.74, 6) is 0.869. The van der Waals surface area contributed by atoms with Gasteiger partial charge in [0, 0.05) is 19.6 Å². The summed E-state index contributed by atoms with van der Waals surface area (Å²) in [6.45, 7) is 4.53. The average Bonchev–Trinajstić information content (AvgIpc) is 3.08. The maximum Gasteiger partial charge on any atom is 0.267 e. The van der Waals surface area contributed by atoms with Gasteiger partial charge in [0.25, 0.3) is 5.91 Å².